The third-order valence-corrected chi connectivity index (χ3v) is 17.3. The SMILES string of the molecule is CCPP(P)PP. The van der Waals surface area contributed by atoms with Gasteiger partial charge in [0.25, 0.3) is 0 Å². The van der Waals surface area contributed by atoms with Gasteiger partial charge in [0.1, 0.15) is 0 Å². The summed E-state index contributed by atoms with van der Waals surface area (Å²) < 4.78 is 0. The van der Waals surface area contributed by atoms with Crippen LogP contribution in [0.25, 0.3) is 0 Å². The van der Waals surface area contributed by atoms with E-state index in [2.05, 4.69) is 24.8 Å². The topological polar surface area (TPSA) is 0 Å². The van der Waals surface area contributed by atoms with Crippen LogP contribution in [0.15, 0.2) is 0 Å². The molecule has 0 saturated heterocycles. The Labute approximate surface area is 54.7 Å². The maximum atomic E-state index is 2.92. The van der Waals surface area contributed by atoms with E-state index in [1.54, 1.807) is 0 Å². The maximum absolute atomic E-state index is 2.92. The molecular weight excluding hydrogens is 179 g/mol. The molecule has 0 aliphatic carbocycles. The molecule has 5 unspecified atom stereocenters. The average Bonchev–Trinajstić information content (AvgIpc) is 1.68. The Hall–Kier alpha value is 2.15. The molecule has 0 N–H and O–H groups in total. The summed E-state index contributed by atoms with van der Waals surface area (Å²) >= 11 is 0. The first-order chi connectivity index (χ1) is 3.31. The van der Waals surface area contributed by atoms with Gasteiger partial charge in [-0.05, 0) is 13.1 Å². The van der Waals surface area contributed by atoms with E-state index < -0.39 is 0 Å². The van der Waals surface area contributed by atoms with Crippen molar-refractivity contribution in [1.82, 2.24) is 0 Å². The standard InChI is InChI=1S/C2H11P5/c1-2-5-7(4)6-3/h5-6H,2-4H2,1H3. The summed E-state index contributed by atoms with van der Waals surface area (Å²) in [5.41, 5.74) is 0. The first-order valence-electron chi connectivity index (χ1n) is 2.05. The van der Waals surface area contributed by atoms with Crippen molar-refractivity contribution >= 4 is 41.1 Å². The predicted octanol–water partition coefficient (Wildman–Crippen LogP) is 3.26. The Morgan fingerprint density at radius 3 is 2.43 bits per heavy atom. The molecule has 5 atom stereocenters. The molecule has 0 radical (unpaired) electrons. The van der Waals surface area contributed by atoms with Crippen LogP contribution in [0, 0.1) is 0 Å². The zero-order chi connectivity index (χ0) is 5.70. The molecule has 0 bridgehead atoms. The summed E-state index contributed by atoms with van der Waals surface area (Å²) in [4.78, 5) is 0. The highest BCUT2D eigenvalue weighted by Crippen LogP contribution is 2.77. The lowest BCUT2D eigenvalue weighted by Gasteiger charge is -2.03. The smallest absolute Gasteiger partial charge is 0.0337 e. The summed E-state index contributed by atoms with van der Waals surface area (Å²) in [7, 11) is 8.04. The van der Waals surface area contributed by atoms with E-state index in [-0.39, 0.29) is 0 Å². The molecule has 0 aromatic carbocycles. The van der Waals surface area contributed by atoms with E-state index in [0.717, 1.165) is 7.96 Å². The van der Waals surface area contributed by atoms with Crippen LogP contribution in [0.1, 0.15) is 6.92 Å². The van der Waals surface area contributed by atoms with Crippen molar-refractivity contribution in [2.24, 2.45) is 0 Å². The van der Waals surface area contributed by atoms with E-state index in [4.69, 9.17) is 0 Å². The molecule has 0 spiro atoms. The molecule has 0 aromatic heterocycles. The molecule has 0 amide bonds. The highest BCUT2D eigenvalue weighted by Gasteiger charge is 1.91. The van der Waals surface area contributed by atoms with Gasteiger partial charge in [0.15, 0.2) is 0 Å². The first-order valence-corrected chi connectivity index (χ1v) is 10.7. The summed E-state index contributed by atoms with van der Waals surface area (Å²) in [5.74, 6) is 0. The number of hydrogen-bond acceptors (Lipinski definition) is 0. The molecule has 0 rings (SSSR count). The molecule has 5 heteroatoms. The predicted molar refractivity (Wildman–Crippen MR) is 53.5 cm³/mol. The third-order valence-electron chi connectivity index (χ3n) is 0.468. The summed E-state index contributed by atoms with van der Waals surface area (Å²) in [5, 5.41) is 0. The van der Waals surface area contributed by atoms with Crippen LogP contribution in [0.3, 0.4) is 0 Å². The van der Waals surface area contributed by atoms with Crippen molar-refractivity contribution in [3.8, 4) is 0 Å². The highest BCUT2D eigenvalue weighted by molar-refractivity contribution is 8.79. The Morgan fingerprint density at radius 2 is 2.29 bits per heavy atom. The molecule has 0 saturated carbocycles. The van der Waals surface area contributed by atoms with Crippen LogP contribution in [-0.2, 0) is 0 Å². The van der Waals surface area contributed by atoms with Crippen molar-refractivity contribution in [3.63, 3.8) is 0 Å². The Balaban J connectivity index is 2.83. The zero-order valence-corrected chi connectivity index (χ0v) is 9.51. The molecule has 0 nitrogen and oxygen atoms in total. The molecule has 0 aliphatic heterocycles. The molecule has 0 heterocycles. The van der Waals surface area contributed by atoms with E-state index >= 15 is 0 Å². The lowest BCUT2D eigenvalue weighted by atomic mass is 11.0. The fraction of sp³-hybridized carbons (Fsp3) is 1.00. The van der Waals surface area contributed by atoms with Gasteiger partial charge in [-0.2, -0.15) is 0 Å². The summed E-state index contributed by atoms with van der Waals surface area (Å²) in [6.45, 7) is 2.61. The second-order valence-corrected chi connectivity index (χ2v) is 16.0. The van der Waals surface area contributed by atoms with E-state index in [0.29, 0.717) is 6.99 Å². The zero-order valence-electron chi connectivity index (χ0n) is 4.31. The van der Waals surface area contributed by atoms with Gasteiger partial charge in [-0.3, -0.25) is 0 Å². The van der Waals surface area contributed by atoms with Crippen LogP contribution in [0.5, 0.6) is 0 Å². The Morgan fingerprint density at radius 1 is 1.71 bits per heavy atom. The average molecular weight is 190 g/mol. The summed E-state index contributed by atoms with van der Waals surface area (Å²) in [6, 6.07) is 0. The quantitative estimate of drug-likeness (QED) is 0.599. The fourth-order valence-corrected chi connectivity index (χ4v) is 8.30. The second kappa shape index (κ2) is 6.27. The van der Waals surface area contributed by atoms with Gasteiger partial charge in [-0.25, -0.2) is 0 Å². The van der Waals surface area contributed by atoms with Gasteiger partial charge in [-0.1, -0.05) is 23.2 Å². The lowest BCUT2D eigenvalue weighted by molar-refractivity contribution is 1.53. The number of hydrogen-bond donors (Lipinski definition) is 0. The third kappa shape index (κ3) is 6.03. The monoisotopic (exact) mass is 190 g/mol. The van der Waals surface area contributed by atoms with E-state index in [1.165, 1.54) is 14.4 Å². The second-order valence-electron chi connectivity index (χ2n) is 1.01. The van der Waals surface area contributed by atoms with Gasteiger partial charge in [-0.15, -0.1) is 17.9 Å². The number of rotatable bonds is 3. The molecular formula is C2H11P5. The first kappa shape index (κ1) is 9.15. The van der Waals surface area contributed by atoms with Crippen molar-refractivity contribution < 1.29 is 0 Å². The van der Waals surface area contributed by atoms with Gasteiger partial charge in [0.05, 0.1) is 0 Å². The van der Waals surface area contributed by atoms with Crippen LogP contribution in [0.2, 0.25) is 0 Å². The van der Waals surface area contributed by atoms with Crippen LogP contribution in [-0.4, -0.2) is 6.16 Å². The Kier molecular flexibility index (Phi) is 8.20. The van der Waals surface area contributed by atoms with E-state index in [9.17, 15) is 0 Å². The van der Waals surface area contributed by atoms with Crippen LogP contribution >= 0.6 is 41.1 Å². The molecule has 0 aromatic rings. The summed E-state index contributed by atoms with van der Waals surface area (Å²) in [6.07, 6.45) is 1.37. The minimum atomic E-state index is 0.357. The highest BCUT2D eigenvalue weighted by atomic mass is 32.8. The largest absolute Gasteiger partial charge is 0.109 e. The van der Waals surface area contributed by atoms with Crippen molar-refractivity contribution in [3.05, 3.63) is 0 Å². The van der Waals surface area contributed by atoms with Gasteiger partial charge >= 0.3 is 0 Å². The molecule has 0 aliphatic rings. The van der Waals surface area contributed by atoms with Crippen molar-refractivity contribution in [2.45, 2.75) is 6.92 Å². The maximum Gasteiger partial charge on any atom is -0.0337 e. The molecule has 44 valence electrons. The van der Waals surface area contributed by atoms with Gasteiger partial charge in [0, 0.05) is 0 Å². The van der Waals surface area contributed by atoms with Gasteiger partial charge in [0.2, 0.25) is 0 Å². The Bertz CT molecular complexity index is 37.1. The molecule has 7 heavy (non-hydrogen) atoms. The lowest BCUT2D eigenvalue weighted by Crippen LogP contribution is -1.46. The fourth-order valence-electron chi connectivity index (χ4n) is 0.216. The van der Waals surface area contributed by atoms with Crippen molar-refractivity contribution in [2.75, 3.05) is 6.16 Å². The van der Waals surface area contributed by atoms with Crippen molar-refractivity contribution in [1.29, 1.82) is 0 Å². The minimum Gasteiger partial charge on any atom is -0.109 e. The van der Waals surface area contributed by atoms with E-state index in [1.807, 2.05) is 0 Å². The normalized spacial score (nSPS) is 17.6. The minimum absolute atomic E-state index is 0.357. The molecule has 0 fully saturated rings. The van der Waals surface area contributed by atoms with Crippen LogP contribution in [0.4, 0.5) is 0 Å². The van der Waals surface area contributed by atoms with Gasteiger partial charge < -0.3 is 0 Å². The van der Waals surface area contributed by atoms with Crippen LogP contribution < -0.4 is 0 Å².